The van der Waals surface area contributed by atoms with Gasteiger partial charge in [-0.05, 0) is 31.5 Å². The summed E-state index contributed by atoms with van der Waals surface area (Å²) < 4.78 is 10.8. The van der Waals surface area contributed by atoms with Gasteiger partial charge in [-0.1, -0.05) is 30.3 Å². The average Bonchev–Trinajstić information content (AvgIpc) is 3.30. The Balaban J connectivity index is 1.81. The zero-order valence-corrected chi connectivity index (χ0v) is 15.1. The number of benzene rings is 1. The molecule has 0 fully saturated rings. The molecule has 7 nitrogen and oxygen atoms in total. The molecule has 3 aromatic rings. The molecule has 3 rings (SSSR count). The van der Waals surface area contributed by atoms with E-state index in [4.69, 9.17) is 8.83 Å². The lowest BCUT2D eigenvalue weighted by Crippen LogP contribution is -2.43. The quantitative estimate of drug-likeness (QED) is 0.687. The SMILES string of the molecule is Cc1oc(-c2ccco2)nc1CC(=O)N(Cc1ccccc1)C(C)C(=O)O. The first-order valence-electron chi connectivity index (χ1n) is 8.52. The molecule has 0 radical (unpaired) electrons. The fourth-order valence-electron chi connectivity index (χ4n) is 2.70. The second-order valence-electron chi connectivity index (χ2n) is 6.20. The highest BCUT2D eigenvalue weighted by atomic mass is 16.4. The number of aliphatic carboxylic acids is 1. The van der Waals surface area contributed by atoms with Gasteiger partial charge in [0, 0.05) is 6.54 Å². The van der Waals surface area contributed by atoms with Crippen LogP contribution in [0.15, 0.2) is 57.6 Å². The van der Waals surface area contributed by atoms with E-state index in [-0.39, 0.29) is 18.9 Å². The highest BCUT2D eigenvalue weighted by Gasteiger charge is 2.27. The zero-order chi connectivity index (χ0) is 19.4. The molecule has 1 aromatic carbocycles. The third-order valence-electron chi connectivity index (χ3n) is 4.28. The Bertz CT molecular complexity index is 915. The first kappa shape index (κ1) is 18.4. The lowest BCUT2D eigenvalue weighted by molar-refractivity contribution is -0.149. The van der Waals surface area contributed by atoms with E-state index in [2.05, 4.69) is 4.98 Å². The van der Waals surface area contributed by atoms with Crippen molar-refractivity contribution in [3.8, 4) is 11.7 Å². The minimum absolute atomic E-state index is 0.0551. The predicted octanol–water partition coefficient (Wildman–Crippen LogP) is 3.29. The second-order valence-corrected chi connectivity index (χ2v) is 6.20. The number of aryl methyl sites for hydroxylation is 1. The second kappa shape index (κ2) is 7.90. The summed E-state index contributed by atoms with van der Waals surface area (Å²) >= 11 is 0. The molecule has 1 N–H and O–H groups in total. The van der Waals surface area contributed by atoms with E-state index in [1.807, 2.05) is 30.3 Å². The van der Waals surface area contributed by atoms with Gasteiger partial charge in [0.05, 0.1) is 18.4 Å². The largest absolute Gasteiger partial charge is 0.480 e. The molecule has 0 aliphatic rings. The number of hydrogen-bond acceptors (Lipinski definition) is 5. The molecule has 1 unspecified atom stereocenters. The van der Waals surface area contributed by atoms with Crippen molar-refractivity contribution in [3.63, 3.8) is 0 Å². The number of furan rings is 1. The Morgan fingerprint density at radius 3 is 2.56 bits per heavy atom. The molecule has 1 amide bonds. The lowest BCUT2D eigenvalue weighted by atomic mass is 10.1. The van der Waals surface area contributed by atoms with Gasteiger partial charge in [0.15, 0.2) is 5.76 Å². The maximum absolute atomic E-state index is 12.9. The fraction of sp³-hybridized carbons (Fsp3) is 0.250. The molecule has 0 aliphatic carbocycles. The zero-order valence-electron chi connectivity index (χ0n) is 15.1. The number of oxazole rings is 1. The number of amides is 1. The van der Waals surface area contributed by atoms with Crippen LogP contribution in [0.4, 0.5) is 0 Å². The first-order valence-corrected chi connectivity index (χ1v) is 8.52. The standard InChI is InChI=1S/C20H20N2O5/c1-13(20(24)25)22(12-15-7-4-3-5-8-15)18(23)11-16-14(2)27-19(21-16)17-9-6-10-26-17/h3-10,13H,11-12H2,1-2H3,(H,24,25). The maximum atomic E-state index is 12.9. The average molecular weight is 368 g/mol. The molecule has 0 saturated heterocycles. The normalized spacial score (nSPS) is 11.9. The van der Waals surface area contributed by atoms with Gasteiger partial charge in [-0.15, -0.1) is 0 Å². The van der Waals surface area contributed by atoms with Gasteiger partial charge in [0.25, 0.3) is 5.89 Å². The molecular formula is C20H20N2O5. The van der Waals surface area contributed by atoms with Gasteiger partial charge in [0.2, 0.25) is 5.91 Å². The number of carbonyl (C=O) groups is 2. The molecule has 2 heterocycles. The third kappa shape index (κ3) is 4.25. The number of nitrogens with zero attached hydrogens (tertiary/aromatic N) is 2. The van der Waals surface area contributed by atoms with Crippen molar-refractivity contribution in [1.29, 1.82) is 0 Å². The molecule has 0 saturated carbocycles. The topological polar surface area (TPSA) is 96.8 Å². The van der Waals surface area contributed by atoms with Gasteiger partial charge in [-0.3, -0.25) is 4.79 Å². The van der Waals surface area contributed by atoms with Gasteiger partial charge >= 0.3 is 5.97 Å². The van der Waals surface area contributed by atoms with Gasteiger partial charge in [-0.25, -0.2) is 9.78 Å². The van der Waals surface area contributed by atoms with Crippen molar-refractivity contribution < 1.29 is 23.5 Å². The number of rotatable bonds is 7. The Morgan fingerprint density at radius 2 is 1.93 bits per heavy atom. The molecule has 1 atom stereocenters. The fourth-order valence-corrected chi connectivity index (χ4v) is 2.70. The predicted molar refractivity (Wildman–Crippen MR) is 96.7 cm³/mol. The molecule has 0 aliphatic heterocycles. The third-order valence-corrected chi connectivity index (χ3v) is 4.28. The molecule has 0 bridgehead atoms. The monoisotopic (exact) mass is 368 g/mol. The van der Waals surface area contributed by atoms with Gasteiger partial charge in [0.1, 0.15) is 11.8 Å². The van der Waals surface area contributed by atoms with Crippen LogP contribution >= 0.6 is 0 Å². The molecule has 2 aromatic heterocycles. The van der Waals surface area contributed by atoms with Crippen LogP contribution in [0.2, 0.25) is 0 Å². The lowest BCUT2D eigenvalue weighted by Gasteiger charge is -2.26. The van der Waals surface area contributed by atoms with E-state index in [1.54, 1.807) is 19.1 Å². The Kier molecular flexibility index (Phi) is 5.40. The van der Waals surface area contributed by atoms with Crippen molar-refractivity contribution in [2.24, 2.45) is 0 Å². The van der Waals surface area contributed by atoms with Crippen LogP contribution in [-0.2, 0) is 22.6 Å². The van der Waals surface area contributed by atoms with Crippen LogP contribution in [0.25, 0.3) is 11.7 Å². The van der Waals surface area contributed by atoms with Crippen LogP contribution in [0.3, 0.4) is 0 Å². The maximum Gasteiger partial charge on any atom is 0.326 e. The highest BCUT2D eigenvalue weighted by Crippen LogP contribution is 2.23. The summed E-state index contributed by atoms with van der Waals surface area (Å²) in [6.45, 7) is 3.41. The number of aromatic nitrogens is 1. The summed E-state index contributed by atoms with van der Waals surface area (Å²) in [5.74, 6) is -0.140. The van der Waals surface area contributed by atoms with Crippen molar-refractivity contribution in [2.45, 2.75) is 32.9 Å². The minimum Gasteiger partial charge on any atom is -0.480 e. The van der Waals surface area contributed by atoms with E-state index in [9.17, 15) is 14.7 Å². The van der Waals surface area contributed by atoms with E-state index < -0.39 is 12.0 Å². The van der Waals surface area contributed by atoms with Crippen molar-refractivity contribution in [1.82, 2.24) is 9.88 Å². The summed E-state index contributed by atoms with van der Waals surface area (Å²) in [4.78, 5) is 30.0. The summed E-state index contributed by atoms with van der Waals surface area (Å²) in [5, 5.41) is 9.39. The first-order chi connectivity index (χ1) is 13.0. The summed E-state index contributed by atoms with van der Waals surface area (Å²) in [5.41, 5.74) is 1.31. The minimum atomic E-state index is -1.06. The molecule has 140 valence electrons. The number of carbonyl (C=O) groups excluding carboxylic acids is 1. The van der Waals surface area contributed by atoms with Gasteiger partial charge < -0.3 is 18.8 Å². The van der Waals surface area contributed by atoms with Crippen LogP contribution in [0.5, 0.6) is 0 Å². The molecular weight excluding hydrogens is 348 g/mol. The van der Waals surface area contributed by atoms with E-state index >= 15 is 0 Å². The summed E-state index contributed by atoms with van der Waals surface area (Å²) in [6, 6.07) is 11.7. The van der Waals surface area contributed by atoms with E-state index in [0.29, 0.717) is 23.1 Å². The number of carboxylic acid groups (broad SMARTS) is 1. The highest BCUT2D eigenvalue weighted by molar-refractivity contribution is 5.84. The number of hydrogen-bond donors (Lipinski definition) is 1. The van der Waals surface area contributed by atoms with Crippen molar-refractivity contribution >= 4 is 11.9 Å². The van der Waals surface area contributed by atoms with E-state index in [0.717, 1.165) is 5.56 Å². The summed E-state index contributed by atoms with van der Waals surface area (Å²) in [6.07, 6.45) is 1.45. The van der Waals surface area contributed by atoms with Gasteiger partial charge in [-0.2, -0.15) is 0 Å². The van der Waals surface area contributed by atoms with Crippen molar-refractivity contribution in [2.75, 3.05) is 0 Å². The van der Waals surface area contributed by atoms with Crippen LogP contribution in [-0.4, -0.2) is 32.9 Å². The van der Waals surface area contributed by atoms with Crippen LogP contribution < -0.4 is 0 Å². The molecule has 0 spiro atoms. The Hall–Kier alpha value is -3.35. The molecule has 7 heteroatoms. The summed E-state index contributed by atoms with van der Waals surface area (Å²) in [7, 11) is 0. The molecule has 27 heavy (non-hydrogen) atoms. The van der Waals surface area contributed by atoms with Crippen LogP contribution in [0.1, 0.15) is 23.9 Å². The Morgan fingerprint density at radius 1 is 1.19 bits per heavy atom. The smallest absolute Gasteiger partial charge is 0.326 e. The van der Waals surface area contributed by atoms with E-state index in [1.165, 1.54) is 18.1 Å². The number of carboxylic acids is 1. The van der Waals surface area contributed by atoms with Crippen LogP contribution in [0, 0.1) is 6.92 Å². The Labute approximate surface area is 156 Å². The van der Waals surface area contributed by atoms with Crippen molar-refractivity contribution in [3.05, 3.63) is 65.7 Å².